The van der Waals surface area contributed by atoms with E-state index in [1.807, 2.05) is 24.3 Å². The topological polar surface area (TPSA) is 20.2 Å². The number of hydrogen-bond acceptors (Lipinski definition) is 1. The highest BCUT2D eigenvalue weighted by Crippen LogP contribution is 2.36. The van der Waals surface area contributed by atoms with Gasteiger partial charge in [0.25, 0.3) is 0 Å². The molecule has 0 saturated carbocycles. The molecule has 0 fully saturated rings. The quantitative estimate of drug-likeness (QED) is 0.877. The number of benzene rings is 2. The molecule has 2 aromatic carbocycles. The Balaban J connectivity index is 1.85. The van der Waals surface area contributed by atoms with Crippen molar-refractivity contribution in [1.29, 1.82) is 0 Å². The van der Waals surface area contributed by atoms with Crippen LogP contribution in [0.5, 0.6) is 0 Å². The minimum atomic E-state index is -0.895. The summed E-state index contributed by atoms with van der Waals surface area (Å²) in [6, 6.07) is 11.3. The first-order chi connectivity index (χ1) is 9.15. The zero-order valence-electron chi connectivity index (χ0n) is 10.3. The van der Waals surface area contributed by atoms with Crippen LogP contribution in [0.4, 0.5) is 8.78 Å². The average Bonchev–Trinajstić information content (AvgIpc) is 2.81. The molecule has 1 atom stereocenters. The van der Waals surface area contributed by atoms with E-state index in [-0.39, 0.29) is 11.5 Å². The Hall–Kier alpha value is -1.74. The number of halogens is 2. The Bertz CT molecular complexity index is 584. The number of aliphatic hydroxyl groups is 1. The first-order valence-electron chi connectivity index (χ1n) is 6.35. The van der Waals surface area contributed by atoms with Crippen molar-refractivity contribution in [2.75, 3.05) is 0 Å². The molecule has 1 aliphatic carbocycles. The van der Waals surface area contributed by atoms with Crippen LogP contribution in [0.1, 0.15) is 22.8 Å². The second kappa shape index (κ2) is 4.74. The Kier molecular flexibility index (Phi) is 3.07. The summed E-state index contributed by atoms with van der Waals surface area (Å²) < 4.78 is 26.6. The Morgan fingerprint density at radius 3 is 2.21 bits per heavy atom. The summed E-state index contributed by atoms with van der Waals surface area (Å²) in [4.78, 5) is 0. The zero-order chi connectivity index (χ0) is 13.4. The van der Waals surface area contributed by atoms with E-state index in [0.717, 1.165) is 18.9 Å². The normalized spacial score (nSPS) is 16.4. The molecule has 2 aromatic rings. The van der Waals surface area contributed by atoms with Crippen LogP contribution in [0, 0.1) is 17.6 Å². The lowest BCUT2D eigenvalue weighted by Crippen LogP contribution is -2.14. The molecule has 0 aliphatic heterocycles. The highest BCUT2D eigenvalue weighted by molar-refractivity contribution is 5.34. The third-order valence-corrected chi connectivity index (χ3v) is 3.81. The lowest BCUT2D eigenvalue weighted by Gasteiger charge is -2.18. The Labute approximate surface area is 110 Å². The number of rotatable bonds is 2. The fourth-order valence-corrected chi connectivity index (χ4v) is 2.81. The summed E-state index contributed by atoms with van der Waals surface area (Å²) in [6.45, 7) is 0. The molecule has 3 heteroatoms. The number of hydrogen-bond donors (Lipinski definition) is 1. The predicted octanol–water partition coefficient (Wildman–Crippen LogP) is 3.41. The fraction of sp³-hybridized carbons (Fsp3) is 0.250. The summed E-state index contributed by atoms with van der Waals surface area (Å²) in [6.07, 6.45) is 0.565. The third-order valence-electron chi connectivity index (χ3n) is 3.81. The molecular formula is C16H14F2O. The van der Waals surface area contributed by atoms with Gasteiger partial charge in [0.2, 0.25) is 0 Å². The van der Waals surface area contributed by atoms with Gasteiger partial charge in [-0.15, -0.1) is 0 Å². The Morgan fingerprint density at radius 1 is 1.00 bits per heavy atom. The molecule has 19 heavy (non-hydrogen) atoms. The van der Waals surface area contributed by atoms with Crippen molar-refractivity contribution in [3.63, 3.8) is 0 Å². The molecule has 0 amide bonds. The predicted molar refractivity (Wildman–Crippen MR) is 68.7 cm³/mol. The van der Waals surface area contributed by atoms with Gasteiger partial charge >= 0.3 is 0 Å². The highest BCUT2D eigenvalue weighted by atomic mass is 19.1. The van der Waals surface area contributed by atoms with Gasteiger partial charge in [-0.1, -0.05) is 30.3 Å². The van der Waals surface area contributed by atoms with Crippen LogP contribution in [0.3, 0.4) is 0 Å². The summed E-state index contributed by atoms with van der Waals surface area (Å²) in [5.41, 5.74) is 2.59. The third kappa shape index (κ3) is 2.26. The largest absolute Gasteiger partial charge is 0.388 e. The molecule has 98 valence electrons. The molecule has 3 rings (SSSR count). The van der Waals surface area contributed by atoms with Gasteiger partial charge in [-0.3, -0.25) is 0 Å². The van der Waals surface area contributed by atoms with E-state index in [1.165, 1.54) is 23.3 Å². The number of aliphatic hydroxyl groups excluding tert-OH is 1. The molecule has 0 bridgehead atoms. The fourth-order valence-electron chi connectivity index (χ4n) is 2.81. The van der Waals surface area contributed by atoms with Gasteiger partial charge in [0.05, 0.1) is 6.10 Å². The average molecular weight is 260 g/mol. The summed E-state index contributed by atoms with van der Waals surface area (Å²) in [5, 5.41) is 10.3. The van der Waals surface area contributed by atoms with Crippen molar-refractivity contribution in [2.45, 2.75) is 18.9 Å². The van der Waals surface area contributed by atoms with Crippen molar-refractivity contribution in [3.05, 3.63) is 70.8 Å². The smallest absolute Gasteiger partial charge is 0.131 e. The van der Waals surface area contributed by atoms with E-state index in [2.05, 4.69) is 0 Å². The molecule has 0 saturated heterocycles. The maximum atomic E-state index is 13.7. The van der Waals surface area contributed by atoms with Crippen LogP contribution in [0.25, 0.3) is 0 Å². The van der Waals surface area contributed by atoms with Crippen molar-refractivity contribution in [2.24, 2.45) is 5.92 Å². The van der Waals surface area contributed by atoms with Gasteiger partial charge in [0, 0.05) is 11.6 Å². The van der Waals surface area contributed by atoms with Gasteiger partial charge in [-0.25, -0.2) is 8.78 Å². The molecule has 0 aromatic heterocycles. The van der Waals surface area contributed by atoms with Gasteiger partial charge in [0.15, 0.2) is 0 Å². The van der Waals surface area contributed by atoms with Crippen LogP contribution in [-0.2, 0) is 12.8 Å². The van der Waals surface area contributed by atoms with E-state index in [0.29, 0.717) is 0 Å². The molecule has 1 nitrogen and oxygen atoms in total. The minimum Gasteiger partial charge on any atom is -0.388 e. The van der Waals surface area contributed by atoms with Crippen LogP contribution in [-0.4, -0.2) is 5.11 Å². The van der Waals surface area contributed by atoms with E-state index in [4.69, 9.17) is 0 Å². The summed E-state index contributed by atoms with van der Waals surface area (Å²) >= 11 is 0. The van der Waals surface area contributed by atoms with Gasteiger partial charge in [-0.2, -0.15) is 0 Å². The molecule has 0 heterocycles. The Morgan fingerprint density at radius 2 is 1.63 bits per heavy atom. The van der Waals surface area contributed by atoms with Crippen LogP contribution in [0.2, 0.25) is 0 Å². The standard InChI is InChI=1S/C16H14F2O/c17-13-5-6-14(15(18)9-13)16(19)12-7-10-3-1-2-4-11(10)8-12/h1-6,9,12,16,19H,7-8H2. The van der Waals surface area contributed by atoms with Crippen molar-refractivity contribution < 1.29 is 13.9 Å². The van der Waals surface area contributed by atoms with E-state index in [9.17, 15) is 13.9 Å². The SMILES string of the molecule is OC(c1ccc(F)cc1F)C1Cc2ccccc2C1. The van der Waals surface area contributed by atoms with Crippen molar-refractivity contribution in [1.82, 2.24) is 0 Å². The van der Waals surface area contributed by atoms with Gasteiger partial charge in [0.1, 0.15) is 11.6 Å². The minimum absolute atomic E-state index is 0.0441. The van der Waals surface area contributed by atoms with Crippen LogP contribution >= 0.6 is 0 Å². The summed E-state index contributed by atoms with van der Waals surface area (Å²) in [7, 11) is 0. The summed E-state index contributed by atoms with van der Waals surface area (Å²) in [5.74, 6) is -1.34. The van der Waals surface area contributed by atoms with E-state index >= 15 is 0 Å². The lowest BCUT2D eigenvalue weighted by atomic mass is 9.93. The molecule has 1 unspecified atom stereocenters. The van der Waals surface area contributed by atoms with Crippen molar-refractivity contribution in [3.8, 4) is 0 Å². The van der Waals surface area contributed by atoms with E-state index in [1.54, 1.807) is 0 Å². The van der Waals surface area contributed by atoms with Crippen LogP contribution in [0.15, 0.2) is 42.5 Å². The molecule has 0 spiro atoms. The molecule has 0 radical (unpaired) electrons. The molecule has 1 aliphatic rings. The van der Waals surface area contributed by atoms with Gasteiger partial charge < -0.3 is 5.11 Å². The monoisotopic (exact) mass is 260 g/mol. The molecular weight excluding hydrogens is 246 g/mol. The molecule has 1 N–H and O–H groups in total. The maximum absolute atomic E-state index is 13.7. The maximum Gasteiger partial charge on any atom is 0.131 e. The zero-order valence-corrected chi connectivity index (χ0v) is 10.3. The first-order valence-corrected chi connectivity index (χ1v) is 6.35. The highest BCUT2D eigenvalue weighted by Gasteiger charge is 2.29. The van der Waals surface area contributed by atoms with E-state index < -0.39 is 17.7 Å². The van der Waals surface area contributed by atoms with Gasteiger partial charge in [-0.05, 0) is 36.0 Å². The van der Waals surface area contributed by atoms with Crippen LogP contribution < -0.4 is 0 Å². The number of fused-ring (bicyclic) bond motifs is 1. The first kappa shape index (κ1) is 12.3. The second-order valence-corrected chi connectivity index (χ2v) is 5.05. The second-order valence-electron chi connectivity index (χ2n) is 5.05. The van der Waals surface area contributed by atoms with Crippen molar-refractivity contribution >= 4 is 0 Å². The lowest BCUT2D eigenvalue weighted by molar-refractivity contribution is 0.109.